The zero-order chi connectivity index (χ0) is 28.5. The second kappa shape index (κ2) is 10.6. The van der Waals surface area contributed by atoms with E-state index < -0.39 is 63.5 Å². The van der Waals surface area contributed by atoms with Gasteiger partial charge in [0.1, 0.15) is 24.1 Å². The Hall–Kier alpha value is -4.10. The maximum atomic E-state index is 14.6. The van der Waals surface area contributed by atoms with Crippen molar-refractivity contribution < 1.29 is 35.2 Å². The number of hydrogen-bond acceptors (Lipinski definition) is 8. The summed E-state index contributed by atoms with van der Waals surface area (Å²) in [5, 5.41) is 11.3. The summed E-state index contributed by atoms with van der Waals surface area (Å²) in [6, 6.07) is 2.28. The standard InChI is InChI=1S/C23H18F5N7O3S/c1-12-17(25)5-19(35(12)39(37,38)20-3-2-16(24)11-31-20)21(36)32-7-13-4-18(30-8-14(13)6-29)15-9-33-22(34-10-15)23(26,27)28/h2-4,8-12,17,19H,5,7H2,1H3,(H,32,36). The van der Waals surface area contributed by atoms with Crippen molar-refractivity contribution in [3.05, 3.63) is 65.8 Å². The van der Waals surface area contributed by atoms with Gasteiger partial charge < -0.3 is 5.32 Å². The number of rotatable bonds is 6. The Bertz CT molecular complexity index is 1530. The van der Waals surface area contributed by atoms with E-state index in [2.05, 4.69) is 25.3 Å². The highest BCUT2D eigenvalue weighted by atomic mass is 32.2. The molecule has 1 aliphatic rings. The molecule has 3 atom stereocenters. The van der Waals surface area contributed by atoms with Crippen LogP contribution in [0.5, 0.6) is 0 Å². The zero-order valence-electron chi connectivity index (χ0n) is 19.9. The van der Waals surface area contributed by atoms with Gasteiger partial charge in [0.05, 0.1) is 23.5 Å². The van der Waals surface area contributed by atoms with Crippen LogP contribution in [-0.4, -0.2) is 56.8 Å². The number of carbonyl (C=O) groups excluding carboxylic acids is 1. The van der Waals surface area contributed by atoms with Crippen molar-refractivity contribution in [3.63, 3.8) is 0 Å². The quantitative estimate of drug-likeness (QED) is 0.448. The van der Waals surface area contributed by atoms with Gasteiger partial charge in [-0.05, 0) is 30.7 Å². The van der Waals surface area contributed by atoms with Crippen LogP contribution in [-0.2, 0) is 27.5 Å². The van der Waals surface area contributed by atoms with Crippen LogP contribution in [0.15, 0.2) is 48.0 Å². The average Bonchev–Trinajstić information content (AvgIpc) is 3.21. The number of amides is 1. The van der Waals surface area contributed by atoms with Crippen molar-refractivity contribution in [2.24, 2.45) is 0 Å². The van der Waals surface area contributed by atoms with Gasteiger partial charge in [0, 0.05) is 37.1 Å². The van der Waals surface area contributed by atoms with E-state index in [9.17, 15) is 40.4 Å². The molecule has 1 N–H and O–H groups in total. The molecule has 0 bridgehead atoms. The first-order valence-electron chi connectivity index (χ1n) is 11.2. The molecule has 16 heteroatoms. The number of alkyl halides is 4. The molecule has 3 aromatic rings. The molecule has 1 aliphatic heterocycles. The van der Waals surface area contributed by atoms with Gasteiger partial charge in [0.2, 0.25) is 11.7 Å². The molecule has 1 amide bonds. The lowest BCUT2D eigenvalue weighted by Crippen LogP contribution is -2.48. The summed E-state index contributed by atoms with van der Waals surface area (Å²) in [5.74, 6) is -3.00. The average molecular weight is 568 g/mol. The fourth-order valence-electron chi connectivity index (χ4n) is 4.00. The first-order valence-corrected chi connectivity index (χ1v) is 12.6. The first-order chi connectivity index (χ1) is 18.3. The van der Waals surface area contributed by atoms with Crippen molar-refractivity contribution in [2.75, 3.05) is 0 Å². The van der Waals surface area contributed by atoms with Crippen molar-refractivity contribution in [1.29, 1.82) is 5.26 Å². The van der Waals surface area contributed by atoms with Gasteiger partial charge in [0.25, 0.3) is 10.0 Å². The number of hydrogen-bond donors (Lipinski definition) is 1. The first kappa shape index (κ1) is 27.9. The second-order valence-corrected chi connectivity index (χ2v) is 10.3. The minimum Gasteiger partial charge on any atom is -0.351 e. The van der Waals surface area contributed by atoms with E-state index >= 15 is 0 Å². The lowest BCUT2D eigenvalue weighted by molar-refractivity contribution is -0.145. The summed E-state index contributed by atoms with van der Waals surface area (Å²) < 4.78 is 93.1. The van der Waals surface area contributed by atoms with E-state index in [4.69, 9.17) is 0 Å². The summed E-state index contributed by atoms with van der Waals surface area (Å²) in [5.41, 5.74) is 0.439. The number of aromatic nitrogens is 4. The smallest absolute Gasteiger partial charge is 0.351 e. The summed E-state index contributed by atoms with van der Waals surface area (Å²) in [4.78, 5) is 27.1. The third-order valence-corrected chi connectivity index (χ3v) is 7.90. The third kappa shape index (κ3) is 5.68. The van der Waals surface area contributed by atoms with E-state index in [-0.39, 0.29) is 28.9 Å². The van der Waals surface area contributed by atoms with Gasteiger partial charge in [-0.1, -0.05) is 0 Å². The van der Waals surface area contributed by atoms with Crippen LogP contribution < -0.4 is 5.32 Å². The van der Waals surface area contributed by atoms with Gasteiger partial charge in [-0.15, -0.1) is 0 Å². The molecule has 4 rings (SSSR count). The number of sulfonamides is 1. The van der Waals surface area contributed by atoms with Crippen LogP contribution in [0.2, 0.25) is 0 Å². The Kier molecular flexibility index (Phi) is 7.57. The number of halogens is 5. The lowest BCUT2D eigenvalue weighted by atomic mass is 10.1. The molecule has 3 aromatic heterocycles. The highest BCUT2D eigenvalue weighted by Gasteiger charge is 2.49. The largest absolute Gasteiger partial charge is 0.451 e. The molecule has 0 spiro atoms. The fourth-order valence-corrected chi connectivity index (χ4v) is 5.73. The van der Waals surface area contributed by atoms with Gasteiger partial charge in [-0.2, -0.15) is 22.7 Å². The Morgan fingerprint density at radius 2 is 1.85 bits per heavy atom. The summed E-state index contributed by atoms with van der Waals surface area (Å²) in [7, 11) is -4.49. The van der Waals surface area contributed by atoms with Crippen LogP contribution in [0.1, 0.15) is 30.3 Å². The third-order valence-electron chi connectivity index (χ3n) is 5.99. The predicted molar refractivity (Wildman–Crippen MR) is 123 cm³/mol. The summed E-state index contributed by atoms with van der Waals surface area (Å²) in [6.45, 7) is 0.970. The highest BCUT2D eigenvalue weighted by Crippen LogP contribution is 2.33. The van der Waals surface area contributed by atoms with Crippen LogP contribution in [0.3, 0.4) is 0 Å². The topological polar surface area (TPSA) is 142 Å². The zero-order valence-corrected chi connectivity index (χ0v) is 20.7. The molecular weight excluding hydrogens is 549 g/mol. The Labute approximate surface area is 218 Å². The number of nitrogens with one attached hydrogen (secondary N) is 1. The highest BCUT2D eigenvalue weighted by molar-refractivity contribution is 7.89. The van der Waals surface area contributed by atoms with Gasteiger partial charge >= 0.3 is 6.18 Å². The Morgan fingerprint density at radius 3 is 2.44 bits per heavy atom. The molecule has 0 aliphatic carbocycles. The normalized spacial score (nSPS) is 20.0. The molecule has 4 heterocycles. The van der Waals surface area contributed by atoms with E-state index in [0.717, 1.165) is 30.7 Å². The van der Waals surface area contributed by atoms with Crippen molar-refractivity contribution in [3.8, 4) is 17.3 Å². The summed E-state index contributed by atoms with van der Waals surface area (Å²) >= 11 is 0. The number of nitrogens with zero attached hydrogens (tertiary/aromatic N) is 6. The maximum Gasteiger partial charge on any atom is 0.451 e. The maximum absolute atomic E-state index is 14.6. The molecular formula is C23H18F5N7O3S. The van der Waals surface area contributed by atoms with E-state index in [1.807, 2.05) is 6.07 Å². The van der Waals surface area contributed by atoms with E-state index in [1.165, 1.54) is 13.0 Å². The monoisotopic (exact) mass is 567 g/mol. The number of pyridine rings is 2. The SMILES string of the molecule is CC1C(F)CC(C(=O)NCc2cc(-c3cnc(C(F)(F)F)nc3)ncc2C#N)N1S(=O)(=O)c1ccc(F)cn1. The van der Waals surface area contributed by atoms with Crippen molar-refractivity contribution >= 4 is 15.9 Å². The molecule has 0 radical (unpaired) electrons. The van der Waals surface area contributed by atoms with Crippen LogP contribution in [0, 0.1) is 17.1 Å². The van der Waals surface area contributed by atoms with E-state index in [1.54, 1.807) is 0 Å². The molecule has 0 saturated carbocycles. The predicted octanol–water partition coefficient (Wildman–Crippen LogP) is 2.77. The van der Waals surface area contributed by atoms with Crippen molar-refractivity contribution in [1.82, 2.24) is 29.6 Å². The van der Waals surface area contributed by atoms with Gasteiger partial charge in [-0.3, -0.25) is 9.78 Å². The fraction of sp³-hybridized carbons (Fsp3) is 0.304. The molecule has 10 nitrogen and oxygen atoms in total. The van der Waals surface area contributed by atoms with Crippen molar-refractivity contribution in [2.45, 2.75) is 49.3 Å². The summed E-state index contributed by atoms with van der Waals surface area (Å²) in [6.07, 6.45) is -3.25. The molecule has 3 unspecified atom stereocenters. The van der Waals surface area contributed by atoms with E-state index in [0.29, 0.717) is 10.5 Å². The Balaban J connectivity index is 1.56. The van der Waals surface area contributed by atoms with Gasteiger partial charge in [-0.25, -0.2) is 32.2 Å². The van der Waals surface area contributed by atoms with Crippen LogP contribution in [0.4, 0.5) is 22.0 Å². The molecule has 1 fully saturated rings. The molecule has 0 aromatic carbocycles. The molecule has 204 valence electrons. The molecule has 1 saturated heterocycles. The van der Waals surface area contributed by atoms with Crippen LogP contribution >= 0.6 is 0 Å². The van der Waals surface area contributed by atoms with Gasteiger partial charge in [0.15, 0.2) is 5.03 Å². The number of carbonyl (C=O) groups is 1. The molecule has 39 heavy (non-hydrogen) atoms. The number of nitriles is 1. The second-order valence-electron chi connectivity index (χ2n) is 8.51. The Morgan fingerprint density at radius 1 is 1.15 bits per heavy atom. The minimum atomic E-state index is -4.74. The minimum absolute atomic E-state index is 0.0232. The lowest BCUT2D eigenvalue weighted by Gasteiger charge is -2.26. The van der Waals surface area contributed by atoms with Crippen LogP contribution in [0.25, 0.3) is 11.3 Å².